The minimum atomic E-state index is -0.436. The van der Waals surface area contributed by atoms with Crippen LogP contribution in [0.3, 0.4) is 0 Å². The lowest BCUT2D eigenvalue weighted by molar-refractivity contribution is -0.135. The fourth-order valence-corrected chi connectivity index (χ4v) is 3.72. The molecule has 132 valence electrons. The van der Waals surface area contributed by atoms with Gasteiger partial charge in [-0.1, -0.05) is 31.3 Å². The van der Waals surface area contributed by atoms with Crippen molar-refractivity contribution in [1.82, 2.24) is 15.1 Å². The maximum Gasteiger partial charge on any atom is 0.286 e. The number of benzene rings is 1. The summed E-state index contributed by atoms with van der Waals surface area (Å²) < 4.78 is 13.2. The van der Waals surface area contributed by atoms with Crippen molar-refractivity contribution in [3.8, 4) is 0 Å². The highest BCUT2D eigenvalue weighted by Crippen LogP contribution is 2.34. The molecule has 6 nitrogen and oxygen atoms in total. The highest BCUT2D eigenvalue weighted by atomic mass is 32.1. The molecular weight excluding hydrogens is 343 g/mol. The predicted octanol–water partition coefficient (Wildman–Crippen LogP) is 3.25. The van der Waals surface area contributed by atoms with E-state index >= 15 is 0 Å². The van der Waals surface area contributed by atoms with E-state index in [2.05, 4.69) is 15.5 Å². The molecule has 1 saturated heterocycles. The first kappa shape index (κ1) is 17.5. The van der Waals surface area contributed by atoms with E-state index in [0.717, 1.165) is 12.8 Å². The largest absolute Gasteiger partial charge is 0.333 e. The molecular formula is C17H19FN4O2S. The Labute approximate surface area is 149 Å². The maximum atomic E-state index is 13.2. The van der Waals surface area contributed by atoms with E-state index in [1.54, 1.807) is 6.07 Å². The Bertz CT molecular complexity index is 792. The van der Waals surface area contributed by atoms with E-state index in [4.69, 9.17) is 0 Å². The standard InChI is InChI=1S/C17H19FN4O2S/c1-10(2)17(24)22-8-4-7-13(22)15-20-21-16(25-15)14(23)19-12-6-3-5-11(18)9-12/h3,5-6,9-10,13H,4,7-8H2,1-2H3,(H,19,23)/t13-/m0/s1. The Morgan fingerprint density at radius 2 is 2.16 bits per heavy atom. The number of aromatic nitrogens is 2. The van der Waals surface area contributed by atoms with Crippen molar-refractivity contribution in [3.05, 3.63) is 40.1 Å². The third-order valence-corrected chi connectivity index (χ3v) is 5.06. The van der Waals surface area contributed by atoms with Crippen LogP contribution in [0.15, 0.2) is 24.3 Å². The van der Waals surface area contributed by atoms with Crippen molar-refractivity contribution < 1.29 is 14.0 Å². The Morgan fingerprint density at radius 3 is 2.88 bits per heavy atom. The van der Waals surface area contributed by atoms with Crippen molar-refractivity contribution >= 4 is 28.8 Å². The second kappa shape index (κ2) is 7.26. The van der Waals surface area contributed by atoms with E-state index in [0.29, 0.717) is 17.2 Å². The topological polar surface area (TPSA) is 75.2 Å². The first-order valence-corrected chi connectivity index (χ1v) is 8.98. The van der Waals surface area contributed by atoms with Crippen LogP contribution >= 0.6 is 11.3 Å². The number of nitrogens with one attached hydrogen (secondary N) is 1. The highest BCUT2D eigenvalue weighted by Gasteiger charge is 2.33. The average molecular weight is 362 g/mol. The van der Waals surface area contributed by atoms with Gasteiger partial charge >= 0.3 is 0 Å². The molecule has 1 aliphatic heterocycles. The summed E-state index contributed by atoms with van der Waals surface area (Å²) in [6.45, 7) is 4.44. The van der Waals surface area contributed by atoms with Gasteiger partial charge in [0.05, 0.1) is 6.04 Å². The van der Waals surface area contributed by atoms with E-state index in [-0.39, 0.29) is 22.9 Å². The third-order valence-electron chi connectivity index (χ3n) is 4.03. The Morgan fingerprint density at radius 1 is 1.36 bits per heavy atom. The first-order valence-electron chi connectivity index (χ1n) is 8.16. The van der Waals surface area contributed by atoms with E-state index in [1.807, 2.05) is 18.7 Å². The van der Waals surface area contributed by atoms with Crippen LogP contribution in [0.2, 0.25) is 0 Å². The van der Waals surface area contributed by atoms with Crippen molar-refractivity contribution in [2.45, 2.75) is 32.7 Å². The molecule has 0 bridgehead atoms. The van der Waals surface area contributed by atoms with E-state index in [9.17, 15) is 14.0 Å². The number of anilines is 1. The molecule has 1 N–H and O–H groups in total. The second-order valence-electron chi connectivity index (χ2n) is 6.25. The number of halogens is 1. The smallest absolute Gasteiger partial charge is 0.286 e. The van der Waals surface area contributed by atoms with Crippen LogP contribution in [0.4, 0.5) is 10.1 Å². The van der Waals surface area contributed by atoms with E-state index in [1.165, 1.54) is 29.5 Å². The van der Waals surface area contributed by atoms with Crippen LogP contribution < -0.4 is 5.32 Å². The number of amides is 2. The van der Waals surface area contributed by atoms with Gasteiger partial charge in [-0.05, 0) is 31.0 Å². The van der Waals surface area contributed by atoms with Crippen LogP contribution in [-0.2, 0) is 4.79 Å². The molecule has 0 aliphatic carbocycles. The van der Waals surface area contributed by atoms with Crippen molar-refractivity contribution in [2.24, 2.45) is 5.92 Å². The van der Waals surface area contributed by atoms with Gasteiger partial charge in [0.25, 0.3) is 5.91 Å². The number of nitrogens with zero attached hydrogens (tertiary/aromatic N) is 3. The summed E-state index contributed by atoms with van der Waals surface area (Å²) in [4.78, 5) is 26.4. The third kappa shape index (κ3) is 3.84. The molecule has 2 heterocycles. The van der Waals surface area contributed by atoms with Crippen LogP contribution in [0.1, 0.15) is 47.5 Å². The zero-order chi connectivity index (χ0) is 18.0. The average Bonchev–Trinajstić information content (AvgIpc) is 3.23. The molecule has 2 amide bonds. The van der Waals surface area contributed by atoms with Gasteiger partial charge in [-0.2, -0.15) is 0 Å². The lowest BCUT2D eigenvalue weighted by atomic mass is 10.1. The van der Waals surface area contributed by atoms with Gasteiger partial charge in [0.1, 0.15) is 10.8 Å². The zero-order valence-electron chi connectivity index (χ0n) is 14.0. The van der Waals surface area contributed by atoms with E-state index < -0.39 is 11.7 Å². The second-order valence-corrected chi connectivity index (χ2v) is 7.26. The molecule has 0 spiro atoms. The molecule has 2 aromatic rings. The van der Waals surface area contributed by atoms with Crippen LogP contribution in [0, 0.1) is 11.7 Å². The molecule has 1 aromatic heterocycles. The summed E-state index contributed by atoms with van der Waals surface area (Å²) in [6.07, 6.45) is 1.73. The van der Waals surface area contributed by atoms with Gasteiger partial charge in [0.15, 0.2) is 0 Å². The van der Waals surface area contributed by atoms with Gasteiger partial charge in [0, 0.05) is 18.2 Å². The fourth-order valence-electron chi connectivity index (χ4n) is 2.83. The Kier molecular flexibility index (Phi) is 5.08. The summed E-state index contributed by atoms with van der Waals surface area (Å²) >= 11 is 1.17. The number of rotatable bonds is 4. The first-order chi connectivity index (χ1) is 12.0. The number of hydrogen-bond acceptors (Lipinski definition) is 5. The van der Waals surface area contributed by atoms with Gasteiger partial charge in [-0.25, -0.2) is 4.39 Å². The van der Waals surface area contributed by atoms with Crippen LogP contribution in [-0.4, -0.2) is 33.5 Å². The van der Waals surface area contributed by atoms with Crippen molar-refractivity contribution in [3.63, 3.8) is 0 Å². The molecule has 0 unspecified atom stereocenters. The van der Waals surface area contributed by atoms with Gasteiger partial charge in [-0.3, -0.25) is 9.59 Å². The van der Waals surface area contributed by atoms with Crippen molar-refractivity contribution in [2.75, 3.05) is 11.9 Å². The molecule has 8 heteroatoms. The normalized spacial score (nSPS) is 17.1. The molecule has 1 aromatic carbocycles. The van der Waals surface area contributed by atoms with Crippen LogP contribution in [0.5, 0.6) is 0 Å². The van der Waals surface area contributed by atoms with Gasteiger partial charge in [-0.15, -0.1) is 10.2 Å². The zero-order valence-corrected chi connectivity index (χ0v) is 14.8. The summed E-state index contributed by atoms with van der Waals surface area (Å²) in [5.41, 5.74) is 0.360. The summed E-state index contributed by atoms with van der Waals surface area (Å²) in [6, 6.07) is 5.54. The molecule has 1 atom stereocenters. The van der Waals surface area contributed by atoms with Gasteiger partial charge in [0.2, 0.25) is 10.9 Å². The molecule has 3 rings (SSSR count). The summed E-state index contributed by atoms with van der Waals surface area (Å²) in [7, 11) is 0. The number of hydrogen-bond donors (Lipinski definition) is 1. The minimum Gasteiger partial charge on any atom is -0.333 e. The fraction of sp³-hybridized carbons (Fsp3) is 0.412. The lowest BCUT2D eigenvalue weighted by Crippen LogP contribution is -2.33. The molecule has 0 radical (unpaired) electrons. The predicted molar refractivity (Wildman–Crippen MR) is 92.8 cm³/mol. The molecule has 1 fully saturated rings. The molecule has 0 saturated carbocycles. The number of carbonyl (C=O) groups is 2. The summed E-state index contributed by atoms with van der Waals surface area (Å²) in [5, 5.41) is 11.5. The Hall–Kier alpha value is -2.35. The monoisotopic (exact) mass is 362 g/mol. The lowest BCUT2D eigenvalue weighted by Gasteiger charge is -2.24. The minimum absolute atomic E-state index is 0.0794. The number of likely N-dealkylation sites (tertiary alicyclic amines) is 1. The molecule has 25 heavy (non-hydrogen) atoms. The Balaban J connectivity index is 1.73. The SMILES string of the molecule is CC(C)C(=O)N1CCC[C@H]1c1nnc(C(=O)Nc2cccc(F)c2)s1. The maximum absolute atomic E-state index is 13.2. The summed E-state index contributed by atoms with van der Waals surface area (Å²) in [5.74, 6) is -0.855. The number of carbonyl (C=O) groups excluding carboxylic acids is 2. The quantitative estimate of drug-likeness (QED) is 0.906. The highest BCUT2D eigenvalue weighted by molar-refractivity contribution is 7.13. The van der Waals surface area contributed by atoms with Gasteiger partial charge < -0.3 is 10.2 Å². The van der Waals surface area contributed by atoms with Crippen molar-refractivity contribution in [1.29, 1.82) is 0 Å². The van der Waals surface area contributed by atoms with Crippen LogP contribution in [0.25, 0.3) is 0 Å². The molecule has 1 aliphatic rings.